The SMILES string of the molecule is CC.CC(C)(COC(=O)[C@@H]1[C@H]2C[C@]1(C)CN2)COC(=O)[C@@H]1[C@H]2C[C@]1(C)CN2.C[C@]12CN[C@H](C1)[C@H]2C(=O)OCCCCCOC(=O)[C@@H]1[C@H]2C[C@]1(C)CN2. The third-order valence-corrected chi connectivity index (χ3v) is 13.9. The van der Waals surface area contributed by atoms with E-state index in [0.717, 1.165) is 71.1 Å². The van der Waals surface area contributed by atoms with Crippen LogP contribution in [0.5, 0.6) is 0 Å². The van der Waals surface area contributed by atoms with Gasteiger partial charge in [0.25, 0.3) is 0 Å². The highest BCUT2D eigenvalue weighted by Crippen LogP contribution is 2.54. The topological polar surface area (TPSA) is 153 Å². The Morgan fingerprint density at radius 3 is 1.00 bits per heavy atom. The van der Waals surface area contributed by atoms with Crippen molar-refractivity contribution in [3.63, 3.8) is 0 Å². The number of carbonyl (C=O) groups is 4. The Kier molecular flexibility index (Phi) is 11.2. The van der Waals surface area contributed by atoms with Crippen LogP contribution in [0.3, 0.4) is 0 Å². The summed E-state index contributed by atoms with van der Waals surface area (Å²) in [4.78, 5) is 49.1. The monoisotopic (exact) mass is 730 g/mol. The van der Waals surface area contributed by atoms with Crippen molar-refractivity contribution in [1.82, 2.24) is 21.3 Å². The van der Waals surface area contributed by atoms with Gasteiger partial charge in [0, 0.05) is 55.8 Å². The Morgan fingerprint density at radius 2 is 0.769 bits per heavy atom. The number of fused-ring (bicyclic) bond motifs is 4. The Balaban J connectivity index is 0.000000171. The quantitative estimate of drug-likeness (QED) is 0.118. The van der Waals surface area contributed by atoms with Crippen LogP contribution in [0.25, 0.3) is 0 Å². The van der Waals surface area contributed by atoms with E-state index in [1.54, 1.807) is 0 Å². The number of unbranched alkanes of at least 4 members (excludes halogenated alkanes) is 2. The van der Waals surface area contributed by atoms with Crippen molar-refractivity contribution in [2.45, 2.75) is 125 Å². The van der Waals surface area contributed by atoms with Crippen molar-refractivity contribution in [2.24, 2.45) is 50.7 Å². The lowest BCUT2D eigenvalue weighted by molar-refractivity contribution is -0.167. The van der Waals surface area contributed by atoms with Crippen molar-refractivity contribution in [3.8, 4) is 0 Å². The molecule has 4 N–H and O–H groups in total. The van der Waals surface area contributed by atoms with Crippen LogP contribution in [-0.2, 0) is 38.1 Å². The predicted octanol–water partition coefficient (Wildman–Crippen LogP) is 3.36. The Labute approximate surface area is 310 Å². The Bertz CT molecular complexity index is 1260. The molecule has 12 aliphatic rings. The van der Waals surface area contributed by atoms with Gasteiger partial charge in [0.05, 0.1) is 50.1 Å². The second kappa shape index (κ2) is 14.8. The highest BCUT2D eigenvalue weighted by Gasteiger charge is 2.63. The first-order valence-electron chi connectivity index (χ1n) is 20.2. The minimum absolute atomic E-state index is 0.0255. The molecular formula is C40H66N4O8. The van der Waals surface area contributed by atoms with Crippen LogP contribution in [0.15, 0.2) is 0 Å². The standard InChI is InChI=1S/2C19H30N2O4.C2H6/c1-17(2,9-24-15(22)13-11-5-18(13,3)7-20-11)10-25-16(23)14-12-6-19(14,4)8-21-12;1-18-8-12(20-10-18)14(18)16(22)24-6-4-3-5-7-25-17(23)15-13-9-19(15,2)11-21-13;1-2/h11-14,20-21H,5-10H2,1-4H3;12-15,20-21H,3-11H2,1-2H3;1-2H3/t11-,12-,13+,14+,18-,19-;12-,13-,14+,15+,18-,19-;/m11./s1. The van der Waals surface area contributed by atoms with Gasteiger partial charge in [-0.15, -0.1) is 0 Å². The lowest BCUT2D eigenvalue weighted by Gasteiger charge is -2.42. The molecule has 0 aromatic heterocycles. The lowest BCUT2D eigenvalue weighted by atomic mass is 9.62. The second-order valence-corrected chi connectivity index (χ2v) is 19.1. The highest BCUT2D eigenvalue weighted by molar-refractivity contribution is 5.78. The lowest BCUT2D eigenvalue weighted by Crippen LogP contribution is -2.50. The van der Waals surface area contributed by atoms with Crippen LogP contribution < -0.4 is 21.3 Å². The number of rotatable bonds is 14. The summed E-state index contributed by atoms with van der Waals surface area (Å²) in [6.45, 7) is 21.7. The summed E-state index contributed by atoms with van der Waals surface area (Å²) in [6, 6.07) is 1.21. The molecule has 12 atom stereocenters. The Morgan fingerprint density at radius 1 is 0.500 bits per heavy atom. The smallest absolute Gasteiger partial charge is 0.311 e. The van der Waals surface area contributed by atoms with Crippen LogP contribution in [0.4, 0.5) is 0 Å². The minimum atomic E-state index is -0.375. The number of hydrogen-bond acceptors (Lipinski definition) is 12. The summed E-state index contributed by atoms with van der Waals surface area (Å²) in [7, 11) is 0. The molecule has 294 valence electrons. The molecule has 8 heterocycles. The van der Waals surface area contributed by atoms with Gasteiger partial charge >= 0.3 is 23.9 Å². The molecule has 0 aromatic rings. The fourth-order valence-electron chi connectivity index (χ4n) is 10.7. The van der Waals surface area contributed by atoms with Gasteiger partial charge in [-0.3, -0.25) is 19.2 Å². The fourth-order valence-corrected chi connectivity index (χ4v) is 10.7. The molecule has 12 heteroatoms. The van der Waals surface area contributed by atoms with Gasteiger partial charge in [0.2, 0.25) is 0 Å². The summed E-state index contributed by atoms with van der Waals surface area (Å²) in [5.74, 6) is -0.283. The van der Waals surface area contributed by atoms with E-state index >= 15 is 0 Å². The van der Waals surface area contributed by atoms with Crippen molar-refractivity contribution >= 4 is 23.9 Å². The Hall–Kier alpha value is -2.28. The molecule has 4 saturated carbocycles. The van der Waals surface area contributed by atoms with Gasteiger partial charge in [-0.05, 0) is 66.6 Å². The van der Waals surface area contributed by atoms with E-state index in [-0.39, 0.29) is 99.9 Å². The maximum Gasteiger partial charge on any atom is 0.311 e. The van der Waals surface area contributed by atoms with Crippen LogP contribution in [0, 0.1) is 50.7 Å². The average Bonchev–Trinajstić information content (AvgIpc) is 3.94. The molecule has 0 aromatic carbocycles. The maximum atomic E-state index is 12.4. The summed E-state index contributed by atoms with van der Waals surface area (Å²) in [6.07, 6.45) is 6.87. The van der Waals surface area contributed by atoms with E-state index in [1.165, 1.54) is 0 Å². The van der Waals surface area contributed by atoms with Crippen molar-refractivity contribution in [3.05, 3.63) is 0 Å². The van der Waals surface area contributed by atoms with Gasteiger partial charge in [0.15, 0.2) is 0 Å². The summed E-state index contributed by atoms with van der Waals surface area (Å²) in [5, 5.41) is 13.5. The average molecular weight is 731 g/mol. The molecule has 8 bridgehead atoms. The third-order valence-electron chi connectivity index (χ3n) is 13.9. The minimum Gasteiger partial charge on any atom is -0.465 e. The molecule has 0 radical (unpaired) electrons. The first kappa shape index (κ1) is 39.4. The van der Waals surface area contributed by atoms with E-state index in [2.05, 4.69) is 49.0 Å². The van der Waals surface area contributed by atoms with Crippen molar-refractivity contribution in [1.29, 1.82) is 0 Å². The van der Waals surface area contributed by atoms with Gasteiger partial charge < -0.3 is 40.2 Å². The number of hydrogen-bond donors (Lipinski definition) is 4. The van der Waals surface area contributed by atoms with Crippen LogP contribution in [-0.4, -0.2) is 101 Å². The molecule has 8 saturated heterocycles. The number of ether oxygens (including phenoxy) is 4. The molecule has 0 spiro atoms. The maximum absolute atomic E-state index is 12.4. The summed E-state index contributed by atoms with van der Waals surface area (Å²) in [5.41, 5.74) is -0.0288. The fraction of sp³-hybridized carbons (Fsp3) is 0.900. The first-order chi connectivity index (χ1) is 24.6. The molecule has 12 nitrogen and oxygen atoms in total. The van der Waals surface area contributed by atoms with Gasteiger partial charge in [-0.2, -0.15) is 0 Å². The van der Waals surface area contributed by atoms with Gasteiger partial charge in [0.1, 0.15) is 0 Å². The largest absolute Gasteiger partial charge is 0.465 e. The number of esters is 4. The zero-order chi connectivity index (χ0) is 37.7. The van der Waals surface area contributed by atoms with E-state index in [4.69, 9.17) is 18.9 Å². The normalized spacial score (nSPS) is 42.1. The predicted molar refractivity (Wildman–Crippen MR) is 195 cm³/mol. The molecule has 52 heavy (non-hydrogen) atoms. The molecule has 12 fully saturated rings. The van der Waals surface area contributed by atoms with Crippen LogP contribution >= 0.6 is 0 Å². The van der Waals surface area contributed by atoms with Gasteiger partial charge in [-0.1, -0.05) is 55.4 Å². The zero-order valence-corrected chi connectivity index (χ0v) is 33.0. The molecule has 8 aliphatic heterocycles. The van der Waals surface area contributed by atoms with E-state index < -0.39 is 0 Å². The van der Waals surface area contributed by atoms with E-state index in [0.29, 0.717) is 25.3 Å². The van der Waals surface area contributed by atoms with Gasteiger partial charge in [-0.25, -0.2) is 0 Å². The second-order valence-electron chi connectivity index (χ2n) is 19.1. The number of carbonyl (C=O) groups excluding carboxylic acids is 4. The third kappa shape index (κ3) is 7.27. The molecule has 4 aliphatic carbocycles. The molecule has 0 unspecified atom stereocenters. The van der Waals surface area contributed by atoms with Crippen molar-refractivity contribution in [2.75, 3.05) is 52.6 Å². The summed E-state index contributed by atoms with van der Waals surface area (Å²) < 4.78 is 22.0. The first-order valence-corrected chi connectivity index (χ1v) is 20.2. The van der Waals surface area contributed by atoms with Crippen LogP contribution in [0.1, 0.15) is 100 Å². The summed E-state index contributed by atoms with van der Waals surface area (Å²) >= 11 is 0. The van der Waals surface area contributed by atoms with E-state index in [1.807, 2.05) is 27.7 Å². The van der Waals surface area contributed by atoms with E-state index in [9.17, 15) is 19.2 Å². The molecule has 0 amide bonds. The van der Waals surface area contributed by atoms with Crippen LogP contribution in [0.2, 0.25) is 0 Å². The number of nitrogens with one attached hydrogen (secondary N) is 4. The van der Waals surface area contributed by atoms with Crippen molar-refractivity contribution < 1.29 is 38.1 Å². The molecular weight excluding hydrogens is 664 g/mol. The molecule has 12 rings (SSSR count). The zero-order valence-electron chi connectivity index (χ0n) is 33.0. The highest BCUT2D eigenvalue weighted by atomic mass is 16.6.